The summed E-state index contributed by atoms with van der Waals surface area (Å²) >= 11 is 0. The van der Waals surface area contributed by atoms with Crippen molar-refractivity contribution in [2.24, 2.45) is 7.05 Å². The minimum atomic E-state index is -4.42. The summed E-state index contributed by atoms with van der Waals surface area (Å²) in [6, 6.07) is 14.6. The maximum atomic E-state index is 13.2. The maximum Gasteiger partial charge on any atom is 0.416 e. The number of nitrogens with zero attached hydrogens (tertiary/aromatic N) is 3. The molecule has 0 saturated carbocycles. The van der Waals surface area contributed by atoms with Crippen LogP contribution in [0.1, 0.15) is 52.3 Å². The van der Waals surface area contributed by atoms with Crippen molar-refractivity contribution in [1.82, 2.24) is 14.3 Å². The molecule has 43 heavy (non-hydrogen) atoms. The van der Waals surface area contributed by atoms with E-state index in [4.69, 9.17) is 9.47 Å². The van der Waals surface area contributed by atoms with Crippen molar-refractivity contribution in [2.45, 2.75) is 51.9 Å². The van der Waals surface area contributed by atoms with Crippen LogP contribution in [-0.4, -0.2) is 38.6 Å². The molecule has 7 nitrogen and oxygen atoms in total. The van der Waals surface area contributed by atoms with Crippen molar-refractivity contribution in [1.29, 1.82) is 0 Å². The molecule has 1 aliphatic heterocycles. The number of carboxylic acid groups (broad SMARTS) is 1. The first-order valence-electron chi connectivity index (χ1n) is 14.4. The van der Waals surface area contributed by atoms with E-state index in [1.807, 2.05) is 41.4 Å². The van der Waals surface area contributed by atoms with Gasteiger partial charge in [0.05, 0.1) is 35.7 Å². The zero-order valence-corrected chi connectivity index (χ0v) is 24.0. The quantitative estimate of drug-likeness (QED) is 0.207. The average Bonchev–Trinajstić information content (AvgIpc) is 3.43. The number of para-hydroxylation sites is 1. The van der Waals surface area contributed by atoms with E-state index in [0.29, 0.717) is 49.1 Å². The Balaban J connectivity index is 1.34. The van der Waals surface area contributed by atoms with Crippen LogP contribution >= 0.6 is 0 Å². The van der Waals surface area contributed by atoms with Crippen molar-refractivity contribution in [3.8, 4) is 16.9 Å². The van der Waals surface area contributed by atoms with Crippen molar-refractivity contribution in [3.63, 3.8) is 0 Å². The number of hydrogen-bond acceptors (Lipinski definition) is 4. The van der Waals surface area contributed by atoms with Gasteiger partial charge in [-0.3, -0.25) is 4.68 Å². The summed E-state index contributed by atoms with van der Waals surface area (Å²) in [5, 5.41) is 17.0. The fraction of sp³-hybridized carbons (Fsp3) is 0.333. The van der Waals surface area contributed by atoms with Gasteiger partial charge in [-0.25, -0.2) is 4.79 Å². The third kappa shape index (κ3) is 5.35. The number of rotatable bonds is 6. The average molecular weight is 592 g/mol. The van der Waals surface area contributed by atoms with Crippen LogP contribution in [-0.2, 0) is 37.5 Å². The lowest BCUT2D eigenvalue weighted by atomic mass is 9.98. The Kier molecular flexibility index (Phi) is 7.64. The Bertz CT molecular complexity index is 1840. The molecular formula is C33H32F3N3O4. The Morgan fingerprint density at radius 3 is 2.70 bits per heavy atom. The number of aryl methyl sites for hydroxylation is 4. The van der Waals surface area contributed by atoms with Gasteiger partial charge in [0, 0.05) is 42.1 Å². The summed E-state index contributed by atoms with van der Waals surface area (Å²) < 4.78 is 55.4. The highest BCUT2D eigenvalue weighted by molar-refractivity contribution is 6.04. The van der Waals surface area contributed by atoms with Crippen LogP contribution in [0.5, 0.6) is 5.75 Å². The molecule has 10 heteroatoms. The molecule has 0 fully saturated rings. The van der Waals surface area contributed by atoms with Crippen LogP contribution in [0.2, 0.25) is 0 Å². The van der Waals surface area contributed by atoms with E-state index in [2.05, 4.69) is 5.10 Å². The topological polar surface area (TPSA) is 78.5 Å². The highest BCUT2D eigenvalue weighted by Gasteiger charge is 2.31. The van der Waals surface area contributed by atoms with Crippen LogP contribution in [0, 0.1) is 6.92 Å². The monoisotopic (exact) mass is 591 g/mol. The third-order valence-electron chi connectivity index (χ3n) is 8.16. The summed E-state index contributed by atoms with van der Waals surface area (Å²) in [6.45, 7) is 3.76. The zero-order chi connectivity index (χ0) is 30.3. The van der Waals surface area contributed by atoms with Gasteiger partial charge in [-0.05, 0) is 61.8 Å². The van der Waals surface area contributed by atoms with Crippen LogP contribution in [0.4, 0.5) is 13.2 Å². The predicted octanol–water partition coefficient (Wildman–Crippen LogP) is 7.54. The molecule has 0 saturated heterocycles. The molecule has 3 aromatic carbocycles. The van der Waals surface area contributed by atoms with E-state index < -0.39 is 17.7 Å². The summed E-state index contributed by atoms with van der Waals surface area (Å²) in [5.41, 5.74) is 4.89. The standard InChI is InChI=1S/C33H32F3N3O4/c1-20-29-26-10-6-9-24-25(11-7-17-43-28-12-5-8-21-18-22(33(34,35)36)13-14-23(21)28)31(32(40)41)39(30(24)26)15-3-4-16-42-19-27(29)38(2)37-20/h5-6,8-10,12-14,18H,3-4,7,11,15-17,19H2,1-2H3,(H,40,41). The van der Waals surface area contributed by atoms with Crippen LogP contribution in [0.3, 0.4) is 0 Å². The Morgan fingerprint density at radius 2 is 1.91 bits per heavy atom. The minimum absolute atomic E-state index is 0.273. The zero-order valence-electron chi connectivity index (χ0n) is 24.0. The van der Waals surface area contributed by atoms with Crippen molar-refractivity contribution in [2.75, 3.05) is 13.2 Å². The number of alkyl halides is 3. The van der Waals surface area contributed by atoms with Gasteiger partial charge < -0.3 is 19.1 Å². The van der Waals surface area contributed by atoms with Crippen LogP contribution < -0.4 is 4.74 Å². The normalized spacial score (nSPS) is 14.1. The molecule has 1 aliphatic rings. The number of fused-ring (bicyclic) bond motifs is 3. The number of carboxylic acids is 1. The van der Waals surface area contributed by atoms with Gasteiger partial charge in [0.1, 0.15) is 11.4 Å². The van der Waals surface area contributed by atoms with Gasteiger partial charge in [-0.1, -0.05) is 36.4 Å². The molecule has 0 bridgehead atoms. The molecule has 2 aromatic heterocycles. The van der Waals surface area contributed by atoms with Crippen molar-refractivity contribution in [3.05, 3.63) is 82.8 Å². The number of halogens is 3. The first kappa shape index (κ1) is 28.8. The smallest absolute Gasteiger partial charge is 0.416 e. The van der Waals surface area contributed by atoms with Crippen LogP contribution in [0.25, 0.3) is 32.8 Å². The molecule has 0 aliphatic carbocycles. The summed E-state index contributed by atoms with van der Waals surface area (Å²) in [4.78, 5) is 12.8. The minimum Gasteiger partial charge on any atom is -0.493 e. The summed E-state index contributed by atoms with van der Waals surface area (Å²) in [6.07, 6.45) is -1.88. The van der Waals surface area contributed by atoms with Gasteiger partial charge >= 0.3 is 12.1 Å². The second-order valence-corrected chi connectivity index (χ2v) is 10.9. The van der Waals surface area contributed by atoms with E-state index in [1.165, 1.54) is 6.07 Å². The molecular weight excluding hydrogens is 559 g/mol. The molecule has 224 valence electrons. The lowest BCUT2D eigenvalue weighted by Gasteiger charge is -2.12. The number of carbonyl (C=O) groups is 1. The highest BCUT2D eigenvalue weighted by Crippen LogP contribution is 2.39. The first-order valence-corrected chi connectivity index (χ1v) is 14.4. The second-order valence-electron chi connectivity index (χ2n) is 10.9. The fourth-order valence-corrected chi connectivity index (χ4v) is 6.26. The lowest BCUT2D eigenvalue weighted by molar-refractivity contribution is -0.137. The molecule has 0 unspecified atom stereocenters. The Hall–Kier alpha value is -4.31. The summed E-state index contributed by atoms with van der Waals surface area (Å²) in [5.74, 6) is -0.493. The molecule has 0 spiro atoms. The number of hydrogen-bond donors (Lipinski definition) is 1. The predicted molar refractivity (Wildman–Crippen MR) is 157 cm³/mol. The summed E-state index contributed by atoms with van der Waals surface area (Å²) in [7, 11) is 1.90. The van der Waals surface area contributed by atoms with E-state index in [-0.39, 0.29) is 12.3 Å². The largest absolute Gasteiger partial charge is 0.493 e. The van der Waals surface area contributed by atoms with E-state index >= 15 is 0 Å². The molecule has 0 atom stereocenters. The number of aromatic carboxylic acids is 1. The molecule has 0 radical (unpaired) electrons. The van der Waals surface area contributed by atoms with Crippen molar-refractivity contribution >= 4 is 27.6 Å². The Labute approximate surface area is 246 Å². The SMILES string of the molecule is Cc1nn(C)c2c1-c1cccc3c(CCCOc4cccc5cc(C(F)(F)F)ccc45)c(C(=O)O)n(c13)CCCCOC2. The molecule has 3 heterocycles. The highest BCUT2D eigenvalue weighted by atomic mass is 19.4. The van der Waals surface area contributed by atoms with Gasteiger partial charge in [-0.2, -0.15) is 18.3 Å². The van der Waals surface area contributed by atoms with E-state index in [9.17, 15) is 23.1 Å². The van der Waals surface area contributed by atoms with Gasteiger partial charge in [0.15, 0.2) is 0 Å². The van der Waals surface area contributed by atoms with Crippen molar-refractivity contribution < 1.29 is 32.5 Å². The second kappa shape index (κ2) is 11.4. The number of ether oxygens (including phenoxy) is 2. The van der Waals surface area contributed by atoms with Crippen LogP contribution in [0.15, 0.2) is 54.6 Å². The van der Waals surface area contributed by atoms with E-state index in [0.717, 1.165) is 64.0 Å². The first-order chi connectivity index (χ1) is 20.6. The van der Waals surface area contributed by atoms with E-state index in [1.54, 1.807) is 18.2 Å². The number of aromatic nitrogens is 3. The lowest BCUT2D eigenvalue weighted by Crippen LogP contribution is -2.12. The van der Waals surface area contributed by atoms with Gasteiger partial charge in [0.25, 0.3) is 0 Å². The molecule has 5 aromatic rings. The molecule has 0 amide bonds. The van der Waals surface area contributed by atoms with Gasteiger partial charge in [0.2, 0.25) is 0 Å². The number of benzene rings is 3. The third-order valence-corrected chi connectivity index (χ3v) is 8.16. The maximum absolute atomic E-state index is 13.2. The molecule has 1 N–H and O–H groups in total. The Morgan fingerprint density at radius 1 is 1.09 bits per heavy atom. The molecule has 6 rings (SSSR count). The van der Waals surface area contributed by atoms with Gasteiger partial charge in [-0.15, -0.1) is 0 Å². The fourth-order valence-electron chi connectivity index (χ4n) is 6.26.